The van der Waals surface area contributed by atoms with E-state index < -0.39 is 0 Å². The van der Waals surface area contributed by atoms with E-state index in [0.717, 1.165) is 38.0 Å². The van der Waals surface area contributed by atoms with E-state index in [0.29, 0.717) is 19.6 Å². The highest BCUT2D eigenvalue weighted by Gasteiger charge is 2.43. The average Bonchev–Trinajstić information content (AvgIpc) is 3.04. The summed E-state index contributed by atoms with van der Waals surface area (Å²) in [5.74, 6) is 0.681. The SMILES string of the molecule is CCCCOCCOC(=O)CC1(CS)CC1. The van der Waals surface area contributed by atoms with Gasteiger partial charge in [0.05, 0.1) is 13.0 Å². The van der Waals surface area contributed by atoms with Crippen molar-refractivity contribution in [3.63, 3.8) is 0 Å². The monoisotopic (exact) mass is 246 g/mol. The molecule has 0 saturated heterocycles. The predicted molar refractivity (Wildman–Crippen MR) is 66.8 cm³/mol. The lowest BCUT2D eigenvalue weighted by atomic mass is 10.1. The number of thiol groups is 1. The van der Waals surface area contributed by atoms with Gasteiger partial charge in [-0.15, -0.1) is 0 Å². The minimum absolute atomic E-state index is 0.106. The molecule has 1 fully saturated rings. The second-order valence-corrected chi connectivity index (χ2v) is 4.84. The molecule has 3 nitrogen and oxygen atoms in total. The highest BCUT2D eigenvalue weighted by atomic mass is 32.1. The Morgan fingerprint density at radius 3 is 2.62 bits per heavy atom. The van der Waals surface area contributed by atoms with Crippen LogP contribution in [0.25, 0.3) is 0 Å². The first kappa shape index (κ1) is 13.8. The lowest BCUT2D eigenvalue weighted by molar-refractivity contribution is -0.146. The topological polar surface area (TPSA) is 35.5 Å². The molecular weight excluding hydrogens is 224 g/mol. The Hall–Kier alpha value is -0.220. The number of hydrogen-bond donors (Lipinski definition) is 1. The molecule has 1 saturated carbocycles. The van der Waals surface area contributed by atoms with Gasteiger partial charge in [-0.05, 0) is 30.4 Å². The molecule has 16 heavy (non-hydrogen) atoms. The van der Waals surface area contributed by atoms with E-state index in [1.807, 2.05) is 0 Å². The fourth-order valence-electron chi connectivity index (χ4n) is 1.49. The molecule has 0 spiro atoms. The van der Waals surface area contributed by atoms with Gasteiger partial charge in [0.1, 0.15) is 6.61 Å². The Bertz CT molecular complexity index is 214. The van der Waals surface area contributed by atoms with Gasteiger partial charge >= 0.3 is 5.97 Å². The molecule has 0 atom stereocenters. The van der Waals surface area contributed by atoms with E-state index in [9.17, 15) is 4.79 Å². The van der Waals surface area contributed by atoms with Crippen LogP contribution in [0.3, 0.4) is 0 Å². The van der Waals surface area contributed by atoms with Crippen molar-refractivity contribution in [3.05, 3.63) is 0 Å². The molecule has 0 bridgehead atoms. The molecule has 4 heteroatoms. The maximum absolute atomic E-state index is 11.4. The first-order chi connectivity index (χ1) is 7.72. The summed E-state index contributed by atoms with van der Waals surface area (Å²) in [5, 5.41) is 0. The highest BCUT2D eigenvalue weighted by molar-refractivity contribution is 7.80. The van der Waals surface area contributed by atoms with E-state index >= 15 is 0 Å². The van der Waals surface area contributed by atoms with Crippen LogP contribution in [-0.4, -0.2) is 31.5 Å². The van der Waals surface area contributed by atoms with E-state index in [-0.39, 0.29) is 11.4 Å². The van der Waals surface area contributed by atoms with E-state index in [4.69, 9.17) is 9.47 Å². The van der Waals surface area contributed by atoms with Crippen LogP contribution >= 0.6 is 12.6 Å². The van der Waals surface area contributed by atoms with Crippen molar-refractivity contribution in [1.29, 1.82) is 0 Å². The number of carbonyl (C=O) groups is 1. The quantitative estimate of drug-likeness (QED) is 0.385. The molecule has 0 aromatic heterocycles. The molecule has 0 N–H and O–H groups in total. The van der Waals surface area contributed by atoms with Crippen LogP contribution in [0.5, 0.6) is 0 Å². The molecule has 0 unspecified atom stereocenters. The zero-order chi connectivity index (χ0) is 11.9. The minimum Gasteiger partial charge on any atom is -0.463 e. The first-order valence-electron chi connectivity index (χ1n) is 6.07. The molecule has 0 amide bonds. The number of rotatable bonds is 9. The van der Waals surface area contributed by atoms with Gasteiger partial charge in [-0.2, -0.15) is 12.6 Å². The third kappa shape index (κ3) is 5.21. The molecule has 0 radical (unpaired) electrons. The van der Waals surface area contributed by atoms with Crippen molar-refractivity contribution < 1.29 is 14.3 Å². The third-order valence-electron chi connectivity index (χ3n) is 2.94. The summed E-state index contributed by atoms with van der Waals surface area (Å²) in [5.41, 5.74) is 0.156. The first-order valence-corrected chi connectivity index (χ1v) is 6.70. The summed E-state index contributed by atoms with van der Waals surface area (Å²) in [4.78, 5) is 11.4. The van der Waals surface area contributed by atoms with Gasteiger partial charge in [-0.25, -0.2) is 0 Å². The van der Waals surface area contributed by atoms with E-state index in [2.05, 4.69) is 19.6 Å². The zero-order valence-electron chi connectivity index (χ0n) is 10.0. The lowest BCUT2D eigenvalue weighted by Crippen LogP contribution is -2.16. The van der Waals surface area contributed by atoms with Crippen molar-refractivity contribution in [1.82, 2.24) is 0 Å². The normalized spacial score (nSPS) is 17.1. The number of ether oxygens (including phenoxy) is 2. The van der Waals surface area contributed by atoms with Gasteiger partial charge in [0, 0.05) is 6.61 Å². The molecule has 0 aliphatic heterocycles. The van der Waals surface area contributed by atoms with Crippen LogP contribution in [0, 0.1) is 5.41 Å². The number of esters is 1. The van der Waals surface area contributed by atoms with Gasteiger partial charge in [-0.3, -0.25) is 4.79 Å². The van der Waals surface area contributed by atoms with Gasteiger partial charge in [-0.1, -0.05) is 13.3 Å². The summed E-state index contributed by atoms with van der Waals surface area (Å²) in [6, 6.07) is 0. The molecule has 1 rings (SSSR count). The predicted octanol–water partition coefficient (Wildman–Crippen LogP) is 2.45. The van der Waals surface area contributed by atoms with Gasteiger partial charge < -0.3 is 9.47 Å². The van der Waals surface area contributed by atoms with E-state index in [1.165, 1.54) is 0 Å². The molecule has 1 aliphatic rings. The zero-order valence-corrected chi connectivity index (χ0v) is 10.9. The fourth-order valence-corrected chi connectivity index (χ4v) is 1.92. The summed E-state index contributed by atoms with van der Waals surface area (Å²) >= 11 is 4.25. The molecular formula is C12H22O3S. The van der Waals surface area contributed by atoms with Crippen molar-refractivity contribution in [2.75, 3.05) is 25.6 Å². The Kier molecular flexibility index (Phi) is 6.21. The Balaban J connectivity index is 1.94. The van der Waals surface area contributed by atoms with Gasteiger partial charge in [0.25, 0.3) is 0 Å². The summed E-state index contributed by atoms with van der Waals surface area (Å²) < 4.78 is 10.4. The number of unbranched alkanes of at least 4 members (excludes halogenated alkanes) is 1. The van der Waals surface area contributed by atoms with Crippen molar-refractivity contribution in [3.8, 4) is 0 Å². The minimum atomic E-state index is -0.106. The number of carbonyl (C=O) groups excluding carboxylic acids is 1. The standard InChI is InChI=1S/C12H22O3S/c1-2-3-6-14-7-8-15-11(13)9-12(10-16)4-5-12/h16H,2-10H2,1H3. The van der Waals surface area contributed by atoms with Crippen molar-refractivity contribution in [2.45, 2.75) is 39.0 Å². The summed E-state index contributed by atoms with van der Waals surface area (Å²) in [6.45, 7) is 3.77. The molecule has 94 valence electrons. The molecule has 0 aromatic rings. The second-order valence-electron chi connectivity index (χ2n) is 4.52. The second kappa shape index (κ2) is 7.17. The van der Waals surface area contributed by atoms with Crippen LogP contribution < -0.4 is 0 Å². The third-order valence-corrected chi connectivity index (χ3v) is 3.62. The van der Waals surface area contributed by atoms with Crippen LogP contribution in [0.4, 0.5) is 0 Å². The summed E-state index contributed by atoms with van der Waals surface area (Å²) in [7, 11) is 0. The molecule has 0 heterocycles. The van der Waals surface area contributed by atoms with Crippen LogP contribution in [0.15, 0.2) is 0 Å². The Labute approximate surface area is 103 Å². The highest BCUT2D eigenvalue weighted by Crippen LogP contribution is 2.49. The Morgan fingerprint density at radius 2 is 2.06 bits per heavy atom. The van der Waals surface area contributed by atoms with Gasteiger partial charge in [0.2, 0.25) is 0 Å². The Morgan fingerprint density at radius 1 is 1.31 bits per heavy atom. The average molecular weight is 246 g/mol. The van der Waals surface area contributed by atoms with Crippen LogP contribution in [0.1, 0.15) is 39.0 Å². The maximum Gasteiger partial charge on any atom is 0.306 e. The van der Waals surface area contributed by atoms with Crippen molar-refractivity contribution in [2.24, 2.45) is 5.41 Å². The fraction of sp³-hybridized carbons (Fsp3) is 0.917. The summed E-state index contributed by atoms with van der Waals surface area (Å²) in [6.07, 6.45) is 4.93. The lowest BCUT2D eigenvalue weighted by Gasteiger charge is -2.11. The molecule has 1 aliphatic carbocycles. The maximum atomic E-state index is 11.4. The van der Waals surface area contributed by atoms with Crippen LogP contribution in [-0.2, 0) is 14.3 Å². The smallest absolute Gasteiger partial charge is 0.306 e. The number of hydrogen-bond acceptors (Lipinski definition) is 4. The van der Waals surface area contributed by atoms with Crippen LogP contribution in [0.2, 0.25) is 0 Å². The van der Waals surface area contributed by atoms with Crippen molar-refractivity contribution >= 4 is 18.6 Å². The van der Waals surface area contributed by atoms with Gasteiger partial charge in [0.15, 0.2) is 0 Å². The van der Waals surface area contributed by atoms with E-state index in [1.54, 1.807) is 0 Å². The largest absolute Gasteiger partial charge is 0.463 e. The molecule has 0 aromatic carbocycles.